The monoisotopic (exact) mass is 268 g/mol. The summed E-state index contributed by atoms with van der Waals surface area (Å²) in [6, 6.07) is 3.77. The maximum absolute atomic E-state index is 12.0. The zero-order chi connectivity index (χ0) is 12.4. The van der Waals surface area contributed by atoms with Gasteiger partial charge in [0.15, 0.2) is 0 Å². The summed E-state index contributed by atoms with van der Waals surface area (Å²) < 4.78 is 0.923. The molecule has 6 heteroatoms. The molecule has 2 N–H and O–H groups in total. The van der Waals surface area contributed by atoms with Crippen molar-refractivity contribution in [3.05, 3.63) is 39.4 Å². The van der Waals surface area contributed by atoms with Crippen molar-refractivity contribution in [1.29, 1.82) is 0 Å². The summed E-state index contributed by atoms with van der Waals surface area (Å²) in [6.07, 6.45) is 0. The topological polar surface area (TPSA) is 65.7 Å². The van der Waals surface area contributed by atoms with Gasteiger partial charge in [-0.25, -0.2) is 4.79 Å². The second-order valence-corrected chi connectivity index (χ2v) is 6.06. The van der Waals surface area contributed by atoms with E-state index in [2.05, 4.69) is 9.97 Å². The van der Waals surface area contributed by atoms with Gasteiger partial charge in [0.05, 0.1) is 9.90 Å². The number of H-pyrrole nitrogens is 2. The van der Waals surface area contributed by atoms with E-state index in [0.717, 1.165) is 16.0 Å². The number of aromatic amines is 2. The number of carbonyl (C=O) groups is 1. The first kappa shape index (κ1) is 12.2. The highest BCUT2D eigenvalue weighted by Crippen LogP contribution is 2.28. The molecule has 90 valence electrons. The highest BCUT2D eigenvalue weighted by atomic mass is 32.2. The molecule has 0 fully saturated rings. The van der Waals surface area contributed by atoms with E-state index >= 15 is 0 Å². The van der Waals surface area contributed by atoms with Gasteiger partial charge in [0.25, 0.3) is 0 Å². The van der Waals surface area contributed by atoms with Crippen LogP contribution in [0.3, 0.4) is 0 Å². The van der Waals surface area contributed by atoms with E-state index in [1.165, 1.54) is 11.3 Å². The maximum atomic E-state index is 12.0. The molecule has 0 aliphatic heterocycles. The van der Waals surface area contributed by atoms with Crippen LogP contribution in [0, 0.1) is 0 Å². The minimum atomic E-state index is -0.330. The minimum absolute atomic E-state index is 0.108. The van der Waals surface area contributed by atoms with Gasteiger partial charge in [-0.15, -0.1) is 11.3 Å². The van der Waals surface area contributed by atoms with Crippen molar-refractivity contribution in [1.82, 2.24) is 9.97 Å². The molecule has 2 aromatic heterocycles. The molecule has 0 aliphatic rings. The number of thiophene rings is 1. The molecule has 2 heterocycles. The average Bonchev–Trinajstić information content (AvgIpc) is 2.86. The zero-order valence-corrected chi connectivity index (χ0v) is 11.1. The van der Waals surface area contributed by atoms with Crippen molar-refractivity contribution in [2.75, 3.05) is 0 Å². The van der Waals surface area contributed by atoms with Crippen molar-refractivity contribution >= 4 is 28.2 Å². The number of rotatable bonds is 3. The molecule has 0 radical (unpaired) electrons. The third-order valence-electron chi connectivity index (χ3n) is 2.23. The Hall–Kier alpha value is -1.27. The Morgan fingerprint density at radius 1 is 1.41 bits per heavy atom. The first-order valence-corrected chi connectivity index (χ1v) is 6.85. The molecule has 2 rings (SSSR count). The third-order valence-corrected chi connectivity index (χ3v) is 4.15. The lowest BCUT2D eigenvalue weighted by atomic mass is 10.1. The Labute approximate surface area is 106 Å². The molecule has 0 aliphatic carbocycles. The molecular formula is C11H12N2O2S2. The molecule has 0 unspecified atom stereocenters. The van der Waals surface area contributed by atoms with Crippen molar-refractivity contribution in [2.45, 2.75) is 24.0 Å². The number of carbonyl (C=O) groups excluding carboxylic acids is 1. The molecule has 0 bridgehead atoms. The summed E-state index contributed by atoms with van der Waals surface area (Å²) in [5.74, 6) is 0.108. The minimum Gasteiger partial charge on any atom is -0.309 e. The molecule has 17 heavy (non-hydrogen) atoms. The predicted octanol–water partition coefficient (Wildman–Crippen LogP) is 2.82. The van der Waals surface area contributed by atoms with Gasteiger partial charge < -0.3 is 9.97 Å². The molecule has 2 aromatic rings. The lowest BCUT2D eigenvalue weighted by Crippen LogP contribution is -2.02. The number of thioether (sulfide) groups is 1. The van der Waals surface area contributed by atoms with Gasteiger partial charge in [0.1, 0.15) is 5.69 Å². The molecule has 0 amide bonds. The average molecular weight is 268 g/mol. The van der Waals surface area contributed by atoms with Gasteiger partial charge in [-0.2, -0.15) is 0 Å². The first-order chi connectivity index (χ1) is 8.08. The van der Waals surface area contributed by atoms with E-state index in [-0.39, 0.29) is 16.7 Å². The lowest BCUT2D eigenvalue weighted by Gasteiger charge is -2.03. The number of imidazole rings is 1. The van der Waals surface area contributed by atoms with Crippen LogP contribution in [-0.4, -0.2) is 15.1 Å². The number of hydrogen-bond donors (Lipinski definition) is 2. The molecule has 0 aromatic carbocycles. The third kappa shape index (κ3) is 2.70. The van der Waals surface area contributed by atoms with E-state index < -0.39 is 0 Å². The fraction of sp³-hybridized carbons (Fsp3) is 0.273. The van der Waals surface area contributed by atoms with Crippen LogP contribution in [0.2, 0.25) is 0 Å². The highest BCUT2D eigenvalue weighted by Gasteiger charge is 2.18. The van der Waals surface area contributed by atoms with Crippen molar-refractivity contribution in [2.24, 2.45) is 0 Å². The van der Waals surface area contributed by atoms with E-state index in [4.69, 9.17) is 0 Å². The maximum Gasteiger partial charge on any atom is 0.323 e. The SMILES string of the molecule is CC(C)c1[nH]c(=O)[nH]c1C(=O)Sc1cccs1. The van der Waals surface area contributed by atoms with Crippen LogP contribution in [0.25, 0.3) is 0 Å². The van der Waals surface area contributed by atoms with Gasteiger partial charge in [-0.1, -0.05) is 19.9 Å². The van der Waals surface area contributed by atoms with Gasteiger partial charge in [-0.3, -0.25) is 4.79 Å². The Balaban J connectivity index is 2.27. The predicted molar refractivity (Wildman–Crippen MR) is 70.0 cm³/mol. The summed E-state index contributed by atoms with van der Waals surface area (Å²) in [6.45, 7) is 3.87. The van der Waals surface area contributed by atoms with Crippen molar-refractivity contribution in [3.8, 4) is 0 Å². The summed E-state index contributed by atoms with van der Waals surface area (Å²) in [5.41, 5.74) is 0.719. The fourth-order valence-electron chi connectivity index (χ4n) is 1.45. The Bertz CT molecular complexity index is 567. The molecule has 0 atom stereocenters. The van der Waals surface area contributed by atoms with E-state index in [9.17, 15) is 9.59 Å². The molecule has 0 spiro atoms. The molecule has 0 saturated heterocycles. The number of nitrogens with one attached hydrogen (secondary N) is 2. The molecule has 4 nitrogen and oxygen atoms in total. The van der Waals surface area contributed by atoms with Gasteiger partial charge in [0, 0.05) is 0 Å². The lowest BCUT2D eigenvalue weighted by molar-refractivity contribution is 0.108. The van der Waals surface area contributed by atoms with Crippen molar-refractivity contribution in [3.63, 3.8) is 0 Å². The van der Waals surface area contributed by atoms with Gasteiger partial charge in [0.2, 0.25) is 5.12 Å². The van der Waals surface area contributed by atoms with Crippen LogP contribution in [0.5, 0.6) is 0 Å². The second-order valence-electron chi connectivity index (χ2n) is 3.84. The zero-order valence-electron chi connectivity index (χ0n) is 9.44. The Morgan fingerprint density at radius 2 is 2.18 bits per heavy atom. The van der Waals surface area contributed by atoms with Crippen LogP contribution >= 0.6 is 23.1 Å². The summed E-state index contributed by atoms with van der Waals surface area (Å²) in [7, 11) is 0. The van der Waals surface area contributed by atoms with Gasteiger partial charge >= 0.3 is 5.69 Å². The summed E-state index contributed by atoms with van der Waals surface area (Å²) in [5, 5.41) is 1.79. The van der Waals surface area contributed by atoms with Crippen LogP contribution in [0.15, 0.2) is 26.5 Å². The normalized spacial score (nSPS) is 11.0. The van der Waals surface area contributed by atoms with Crippen LogP contribution in [0.4, 0.5) is 0 Å². The van der Waals surface area contributed by atoms with Gasteiger partial charge in [-0.05, 0) is 29.1 Å². The molecule has 0 saturated carbocycles. The number of aromatic nitrogens is 2. The van der Waals surface area contributed by atoms with E-state index in [1.807, 2.05) is 31.4 Å². The van der Waals surface area contributed by atoms with Crippen LogP contribution in [0.1, 0.15) is 35.9 Å². The standard InChI is InChI=1S/C11H12N2O2S2/c1-6(2)8-9(13-11(15)12-8)10(14)17-7-4-3-5-16-7/h3-6H,1-2H3,(H2,12,13,15). The molecular weight excluding hydrogens is 256 g/mol. The van der Waals surface area contributed by atoms with E-state index in [0.29, 0.717) is 11.4 Å². The van der Waals surface area contributed by atoms with Crippen LogP contribution < -0.4 is 5.69 Å². The highest BCUT2D eigenvalue weighted by molar-refractivity contribution is 8.15. The smallest absolute Gasteiger partial charge is 0.309 e. The fourth-order valence-corrected chi connectivity index (χ4v) is 3.08. The summed E-state index contributed by atoms with van der Waals surface area (Å²) >= 11 is 2.64. The second kappa shape index (κ2) is 4.93. The first-order valence-electron chi connectivity index (χ1n) is 5.16. The summed E-state index contributed by atoms with van der Waals surface area (Å²) in [4.78, 5) is 28.5. The van der Waals surface area contributed by atoms with E-state index in [1.54, 1.807) is 0 Å². The van der Waals surface area contributed by atoms with Crippen LogP contribution in [-0.2, 0) is 0 Å². The van der Waals surface area contributed by atoms with Crippen molar-refractivity contribution < 1.29 is 4.79 Å². The largest absolute Gasteiger partial charge is 0.323 e. The Morgan fingerprint density at radius 3 is 2.76 bits per heavy atom. The number of hydrogen-bond acceptors (Lipinski definition) is 4. The Kier molecular flexibility index (Phi) is 3.54. The quantitative estimate of drug-likeness (QED) is 0.841.